The van der Waals surface area contributed by atoms with Gasteiger partial charge in [-0.05, 0) is 42.8 Å². The minimum absolute atomic E-state index is 0.126. The first kappa shape index (κ1) is 21.5. The molecule has 2 N–H and O–H groups in total. The minimum atomic E-state index is -3.64. The lowest BCUT2D eigenvalue weighted by Crippen LogP contribution is -2.36. The first-order valence-electron chi connectivity index (χ1n) is 9.68. The van der Waals surface area contributed by atoms with Crippen molar-refractivity contribution in [1.82, 2.24) is 9.62 Å². The summed E-state index contributed by atoms with van der Waals surface area (Å²) < 4.78 is 27.4. The van der Waals surface area contributed by atoms with Crippen LogP contribution < -0.4 is 10.6 Å². The Hall–Kier alpha value is -2.23. The Morgan fingerprint density at radius 2 is 1.83 bits per heavy atom. The number of hydrogen-bond acceptors (Lipinski definition) is 5. The molecule has 0 bridgehead atoms. The largest absolute Gasteiger partial charge is 0.352 e. The van der Waals surface area contributed by atoms with Gasteiger partial charge in [-0.3, -0.25) is 9.59 Å². The molecule has 29 heavy (non-hydrogen) atoms. The van der Waals surface area contributed by atoms with Gasteiger partial charge in [0.1, 0.15) is 4.90 Å². The summed E-state index contributed by atoms with van der Waals surface area (Å²) in [6.07, 6.45) is 3.38. The highest BCUT2D eigenvalue weighted by Gasteiger charge is 2.28. The van der Waals surface area contributed by atoms with E-state index in [0.29, 0.717) is 37.3 Å². The SMILES string of the molecule is O=C(CCCNC(=O)c1ccsc1)Nc1ccccc1S(=O)(=O)N1CCCCC1. The standard InChI is InChI=1S/C20H25N3O4S2/c24-19(9-6-11-21-20(25)16-10-14-28-15-16)22-17-7-2-3-8-18(17)29(26,27)23-12-4-1-5-13-23/h2-3,7-8,10,14-15H,1,4-6,9,11-13H2,(H,21,25)(H,22,24). The second-order valence-corrected chi connectivity index (χ2v) is 9.57. The highest BCUT2D eigenvalue weighted by molar-refractivity contribution is 7.89. The van der Waals surface area contributed by atoms with Crippen molar-refractivity contribution in [2.24, 2.45) is 0 Å². The number of hydrogen-bond donors (Lipinski definition) is 2. The summed E-state index contributed by atoms with van der Waals surface area (Å²) >= 11 is 1.45. The normalized spacial score (nSPS) is 15.0. The third-order valence-electron chi connectivity index (χ3n) is 4.74. The van der Waals surface area contributed by atoms with Crippen molar-refractivity contribution >= 4 is 38.9 Å². The van der Waals surface area contributed by atoms with Crippen LogP contribution in [0.1, 0.15) is 42.5 Å². The number of nitrogens with one attached hydrogen (secondary N) is 2. The van der Waals surface area contributed by atoms with Crippen LogP contribution in [-0.2, 0) is 14.8 Å². The summed E-state index contributed by atoms with van der Waals surface area (Å²) in [5, 5.41) is 9.08. The number of nitrogens with zero attached hydrogens (tertiary/aromatic N) is 1. The summed E-state index contributed by atoms with van der Waals surface area (Å²) in [6.45, 7) is 1.39. The second kappa shape index (κ2) is 10.00. The van der Waals surface area contributed by atoms with Gasteiger partial charge in [-0.2, -0.15) is 15.6 Å². The number of sulfonamides is 1. The lowest BCUT2D eigenvalue weighted by Gasteiger charge is -2.26. The molecule has 1 aromatic heterocycles. The van der Waals surface area contributed by atoms with E-state index in [4.69, 9.17) is 0 Å². The number of benzene rings is 1. The number of amides is 2. The molecule has 2 amide bonds. The molecular weight excluding hydrogens is 410 g/mol. The van der Waals surface area contributed by atoms with Crippen LogP contribution >= 0.6 is 11.3 Å². The van der Waals surface area contributed by atoms with Crippen molar-refractivity contribution in [3.8, 4) is 0 Å². The predicted octanol–water partition coefficient (Wildman–Crippen LogP) is 3.07. The molecule has 1 aromatic carbocycles. The zero-order chi connectivity index (χ0) is 20.7. The van der Waals surface area contributed by atoms with Crippen molar-refractivity contribution < 1.29 is 18.0 Å². The Labute approximate surface area is 175 Å². The van der Waals surface area contributed by atoms with E-state index in [1.54, 1.807) is 29.6 Å². The molecule has 0 unspecified atom stereocenters. The monoisotopic (exact) mass is 435 g/mol. The lowest BCUT2D eigenvalue weighted by molar-refractivity contribution is -0.116. The molecule has 2 heterocycles. The molecule has 0 aliphatic carbocycles. The van der Waals surface area contributed by atoms with Crippen LogP contribution in [0.4, 0.5) is 5.69 Å². The van der Waals surface area contributed by atoms with Gasteiger partial charge in [-0.15, -0.1) is 0 Å². The summed E-state index contributed by atoms with van der Waals surface area (Å²) in [7, 11) is -3.64. The van der Waals surface area contributed by atoms with Crippen LogP contribution in [-0.4, -0.2) is 44.2 Å². The quantitative estimate of drug-likeness (QED) is 0.623. The maximum Gasteiger partial charge on any atom is 0.252 e. The summed E-state index contributed by atoms with van der Waals surface area (Å²) in [5.74, 6) is -0.444. The van der Waals surface area contributed by atoms with E-state index in [-0.39, 0.29) is 23.1 Å². The van der Waals surface area contributed by atoms with Gasteiger partial charge in [-0.1, -0.05) is 18.6 Å². The molecule has 156 valence electrons. The van der Waals surface area contributed by atoms with Crippen LogP contribution in [0.15, 0.2) is 46.0 Å². The number of carbonyl (C=O) groups is 2. The Balaban J connectivity index is 1.54. The van der Waals surface area contributed by atoms with Gasteiger partial charge in [-0.25, -0.2) is 8.42 Å². The number of piperidine rings is 1. The Morgan fingerprint density at radius 1 is 1.07 bits per heavy atom. The van der Waals surface area contributed by atoms with E-state index < -0.39 is 10.0 Å². The van der Waals surface area contributed by atoms with Gasteiger partial charge in [0, 0.05) is 37.0 Å². The molecule has 1 aliphatic rings. The van der Waals surface area contributed by atoms with E-state index >= 15 is 0 Å². The third-order valence-corrected chi connectivity index (χ3v) is 7.38. The Kier molecular flexibility index (Phi) is 7.40. The molecule has 3 rings (SSSR count). The van der Waals surface area contributed by atoms with Crippen molar-refractivity contribution in [2.45, 2.75) is 37.0 Å². The molecule has 9 heteroatoms. The molecule has 7 nitrogen and oxygen atoms in total. The fourth-order valence-corrected chi connectivity index (χ4v) is 5.50. The summed E-state index contributed by atoms with van der Waals surface area (Å²) in [4.78, 5) is 24.3. The zero-order valence-corrected chi connectivity index (χ0v) is 17.7. The van der Waals surface area contributed by atoms with Crippen LogP contribution in [0.25, 0.3) is 0 Å². The van der Waals surface area contributed by atoms with Gasteiger partial charge < -0.3 is 10.6 Å². The predicted molar refractivity (Wildman–Crippen MR) is 114 cm³/mol. The van der Waals surface area contributed by atoms with E-state index in [9.17, 15) is 18.0 Å². The van der Waals surface area contributed by atoms with Crippen LogP contribution in [0.3, 0.4) is 0 Å². The number of rotatable bonds is 8. The average Bonchev–Trinajstić information content (AvgIpc) is 3.27. The lowest BCUT2D eigenvalue weighted by atomic mass is 10.2. The average molecular weight is 436 g/mol. The fourth-order valence-electron chi connectivity index (χ4n) is 3.20. The number of thiophene rings is 1. The highest BCUT2D eigenvalue weighted by Crippen LogP contribution is 2.26. The molecule has 2 aromatic rings. The van der Waals surface area contributed by atoms with Crippen LogP contribution in [0, 0.1) is 0 Å². The van der Waals surface area contributed by atoms with Crippen LogP contribution in [0.2, 0.25) is 0 Å². The van der Waals surface area contributed by atoms with Crippen molar-refractivity contribution in [3.63, 3.8) is 0 Å². The maximum atomic E-state index is 13.0. The van der Waals surface area contributed by atoms with Gasteiger partial charge in [0.25, 0.3) is 5.91 Å². The van der Waals surface area contributed by atoms with E-state index in [1.165, 1.54) is 21.7 Å². The topological polar surface area (TPSA) is 95.6 Å². The van der Waals surface area contributed by atoms with Crippen molar-refractivity contribution in [2.75, 3.05) is 25.0 Å². The first-order valence-corrected chi connectivity index (χ1v) is 12.1. The third kappa shape index (κ3) is 5.65. The summed E-state index contributed by atoms with van der Waals surface area (Å²) in [5.41, 5.74) is 0.904. The van der Waals surface area contributed by atoms with Gasteiger partial charge in [0.15, 0.2) is 0 Å². The molecule has 1 fully saturated rings. The second-order valence-electron chi connectivity index (χ2n) is 6.88. The molecule has 0 saturated carbocycles. The molecule has 1 saturated heterocycles. The van der Waals surface area contributed by atoms with E-state index in [1.807, 2.05) is 5.38 Å². The Bertz CT molecular complexity index is 936. The molecule has 0 radical (unpaired) electrons. The number of carbonyl (C=O) groups excluding carboxylic acids is 2. The van der Waals surface area contributed by atoms with Gasteiger partial charge in [0.05, 0.1) is 5.69 Å². The van der Waals surface area contributed by atoms with E-state index in [2.05, 4.69) is 10.6 Å². The smallest absolute Gasteiger partial charge is 0.252 e. The number of para-hydroxylation sites is 1. The van der Waals surface area contributed by atoms with Crippen LogP contribution in [0.5, 0.6) is 0 Å². The van der Waals surface area contributed by atoms with E-state index in [0.717, 1.165) is 19.3 Å². The molecule has 0 atom stereocenters. The van der Waals surface area contributed by atoms with Gasteiger partial charge >= 0.3 is 0 Å². The zero-order valence-electron chi connectivity index (χ0n) is 16.1. The molecular formula is C20H25N3O4S2. The fraction of sp³-hybridized carbons (Fsp3) is 0.400. The van der Waals surface area contributed by atoms with Crippen molar-refractivity contribution in [3.05, 3.63) is 46.7 Å². The molecule has 0 spiro atoms. The highest BCUT2D eigenvalue weighted by atomic mass is 32.2. The maximum absolute atomic E-state index is 13.0. The first-order chi connectivity index (χ1) is 14.0. The number of anilines is 1. The van der Waals surface area contributed by atoms with Crippen molar-refractivity contribution in [1.29, 1.82) is 0 Å². The minimum Gasteiger partial charge on any atom is -0.352 e. The molecule has 1 aliphatic heterocycles. The summed E-state index contributed by atoms with van der Waals surface area (Å²) in [6, 6.07) is 8.23. The Morgan fingerprint density at radius 3 is 2.55 bits per heavy atom. The van der Waals surface area contributed by atoms with Gasteiger partial charge in [0.2, 0.25) is 15.9 Å².